The van der Waals surface area contributed by atoms with Crippen LogP contribution in [0.3, 0.4) is 0 Å². The molecule has 0 amide bonds. The van der Waals surface area contributed by atoms with Gasteiger partial charge in [-0.3, -0.25) is 0 Å². The topological polar surface area (TPSA) is 60.4 Å². The minimum absolute atomic E-state index is 0.461. The van der Waals surface area contributed by atoms with E-state index in [0.717, 1.165) is 42.3 Å². The Bertz CT molecular complexity index is 831. The summed E-state index contributed by atoms with van der Waals surface area (Å²) in [5.41, 5.74) is 0.955. The molecule has 0 saturated carbocycles. The number of aromatic nitrogens is 3. The SMILES string of the molecule is COc1cccc2sc(N3CCC(COc4ncccn4)CC3)nc12. The number of rotatable bonds is 5. The first-order valence-electron chi connectivity index (χ1n) is 8.42. The van der Waals surface area contributed by atoms with Gasteiger partial charge in [-0.05, 0) is 37.0 Å². The number of hydrogen-bond acceptors (Lipinski definition) is 7. The molecule has 7 heteroatoms. The number of para-hydroxylation sites is 1. The van der Waals surface area contributed by atoms with E-state index in [-0.39, 0.29) is 0 Å². The van der Waals surface area contributed by atoms with Crippen molar-refractivity contribution in [2.45, 2.75) is 12.8 Å². The Morgan fingerprint density at radius 3 is 2.72 bits per heavy atom. The van der Waals surface area contributed by atoms with Gasteiger partial charge in [-0.25, -0.2) is 15.0 Å². The average molecular weight is 356 g/mol. The average Bonchev–Trinajstić information content (AvgIpc) is 3.12. The van der Waals surface area contributed by atoms with Crippen LogP contribution in [-0.2, 0) is 0 Å². The number of thiazole rings is 1. The van der Waals surface area contributed by atoms with Crippen molar-refractivity contribution < 1.29 is 9.47 Å². The predicted octanol–water partition coefficient (Wildman–Crippen LogP) is 3.39. The van der Waals surface area contributed by atoms with Crippen molar-refractivity contribution in [2.24, 2.45) is 5.92 Å². The van der Waals surface area contributed by atoms with E-state index in [9.17, 15) is 0 Å². The first-order chi connectivity index (χ1) is 12.3. The summed E-state index contributed by atoms with van der Waals surface area (Å²) >= 11 is 1.73. The zero-order valence-electron chi connectivity index (χ0n) is 14.1. The van der Waals surface area contributed by atoms with Crippen molar-refractivity contribution in [1.82, 2.24) is 15.0 Å². The quantitative estimate of drug-likeness (QED) is 0.698. The van der Waals surface area contributed by atoms with E-state index in [1.54, 1.807) is 36.9 Å². The first kappa shape index (κ1) is 16.1. The predicted molar refractivity (Wildman–Crippen MR) is 98.6 cm³/mol. The summed E-state index contributed by atoms with van der Waals surface area (Å²) in [6.07, 6.45) is 5.57. The Balaban J connectivity index is 1.37. The van der Waals surface area contributed by atoms with Gasteiger partial charge in [0.2, 0.25) is 0 Å². The normalized spacial score (nSPS) is 15.5. The maximum Gasteiger partial charge on any atom is 0.316 e. The largest absolute Gasteiger partial charge is 0.494 e. The standard InChI is InChI=1S/C18H20N4O2S/c1-23-14-4-2-5-15-16(14)21-18(25-15)22-10-6-13(7-11-22)12-24-17-19-8-3-9-20-17/h2-5,8-9,13H,6-7,10-12H2,1H3. The van der Waals surface area contributed by atoms with Crippen molar-refractivity contribution in [1.29, 1.82) is 0 Å². The monoisotopic (exact) mass is 356 g/mol. The van der Waals surface area contributed by atoms with Crippen LogP contribution in [0, 0.1) is 5.92 Å². The van der Waals surface area contributed by atoms with Crippen LogP contribution in [0.2, 0.25) is 0 Å². The second-order valence-electron chi connectivity index (χ2n) is 6.08. The molecular formula is C18H20N4O2S. The number of nitrogens with zero attached hydrogens (tertiary/aromatic N) is 4. The highest BCUT2D eigenvalue weighted by Gasteiger charge is 2.23. The Morgan fingerprint density at radius 2 is 1.96 bits per heavy atom. The van der Waals surface area contributed by atoms with Gasteiger partial charge in [-0.15, -0.1) is 0 Å². The molecule has 1 saturated heterocycles. The maximum atomic E-state index is 5.69. The number of fused-ring (bicyclic) bond motifs is 1. The fourth-order valence-corrected chi connectivity index (χ4v) is 4.09. The number of anilines is 1. The van der Waals surface area contributed by atoms with Gasteiger partial charge in [0.25, 0.3) is 0 Å². The molecule has 2 aromatic heterocycles. The van der Waals surface area contributed by atoms with Gasteiger partial charge in [0.15, 0.2) is 5.13 Å². The van der Waals surface area contributed by atoms with Crippen LogP contribution in [0.25, 0.3) is 10.2 Å². The lowest BCUT2D eigenvalue weighted by Crippen LogP contribution is -2.35. The lowest BCUT2D eigenvalue weighted by Gasteiger charge is -2.31. The zero-order chi connectivity index (χ0) is 17.1. The molecule has 0 atom stereocenters. The fourth-order valence-electron chi connectivity index (χ4n) is 3.05. The molecule has 0 aliphatic carbocycles. The molecule has 25 heavy (non-hydrogen) atoms. The van der Waals surface area contributed by atoms with E-state index in [0.29, 0.717) is 18.5 Å². The summed E-state index contributed by atoms with van der Waals surface area (Å²) in [6.45, 7) is 2.66. The Kier molecular flexibility index (Phi) is 4.65. The zero-order valence-corrected chi connectivity index (χ0v) is 14.9. The highest BCUT2D eigenvalue weighted by atomic mass is 32.1. The molecular weight excluding hydrogens is 336 g/mol. The lowest BCUT2D eigenvalue weighted by atomic mass is 9.98. The molecule has 0 unspecified atom stereocenters. The molecule has 1 fully saturated rings. The first-order valence-corrected chi connectivity index (χ1v) is 9.23. The van der Waals surface area contributed by atoms with E-state index in [4.69, 9.17) is 14.5 Å². The van der Waals surface area contributed by atoms with Gasteiger partial charge in [0.05, 0.1) is 18.4 Å². The van der Waals surface area contributed by atoms with Crippen LogP contribution in [0.15, 0.2) is 36.7 Å². The van der Waals surface area contributed by atoms with Crippen molar-refractivity contribution >= 4 is 26.7 Å². The molecule has 6 nitrogen and oxygen atoms in total. The molecule has 0 spiro atoms. The van der Waals surface area contributed by atoms with Crippen molar-refractivity contribution in [2.75, 3.05) is 31.7 Å². The Labute approximate surface area is 150 Å². The molecule has 4 rings (SSSR count). The Hall–Kier alpha value is -2.41. The van der Waals surface area contributed by atoms with Crippen LogP contribution >= 0.6 is 11.3 Å². The van der Waals surface area contributed by atoms with Crippen LogP contribution in [-0.4, -0.2) is 41.8 Å². The van der Waals surface area contributed by atoms with E-state index < -0.39 is 0 Å². The van der Waals surface area contributed by atoms with Gasteiger partial charge in [0, 0.05) is 25.5 Å². The minimum Gasteiger partial charge on any atom is -0.494 e. The molecule has 0 N–H and O–H groups in total. The molecule has 1 aromatic carbocycles. The number of benzene rings is 1. The minimum atomic E-state index is 0.461. The molecule has 1 aliphatic heterocycles. The van der Waals surface area contributed by atoms with Crippen molar-refractivity contribution in [3.63, 3.8) is 0 Å². The second kappa shape index (κ2) is 7.23. The number of ether oxygens (including phenoxy) is 2. The molecule has 130 valence electrons. The summed E-state index contributed by atoms with van der Waals surface area (Å²) in [4.78, 5) is 15.4. The number of methoxy groups -OCH3 is 1. The molecule has 0 bridgehead atoms. The lowest BCUT2D eigenvalue weighted by molar-refractivity contribution is 0.208. The van der Waals surface area contributed by atoms with Gasteiger partial charge < -0.3 is 14.4 Å². The summed E-state index contributed by atoms with van der Waals surface area (Å²) < 4.78 is 12.3. The van der Waals surface area contributed by atoms with E-state index in [1.165, 1.54) is 4.70 Å². The van der Waals surface area contributed by atoms with Crippen LogP contribution in [0.4, 0.5) is 5.13 Å². The summed E-state index contributed by atoms with van der Waals surface area (Å²) in [6, 6.07) is 8.32. The fraction of sp³-hybridized carbons (Fsp3) is 0.389. The van der Waals surface area contributed by atoms with Crippen molar-refractivity contribution in [3.05, 3.63) is 36.7 Å². The third kappa shape index (κ3) is 3.51. The van der Waals surface area contributed by atoms with E-state index in [1.807, 2.05) is 12.1 Å². The highest BCUT2D eigenvalue weighted by molar-refractivity contribution is 7.22. The van der Waals surface area contributed by atoms with Crippen molar-refractivity contribution in [3.8, 4) is 11.8 Å². The summed E-state index contributed by atoms with van der Waals surface area (Å²) in [7, 11) is 1.69. The number of hydrogen-bond donors (Lipinski definition) is 0. The number of piperidine rings is 1. The molecule has 3 aromatic rings. The van der Waals surface area contributed by atoms with Gasteiger partial charge in [0.1, 0.15) is 11.3 Å². The van der Waals surface area contributed by atoms with E-state index >= 15 is 0 Å². The smallest absolute Gasteiger partial charge is 0.316 e. The molecule has 0 radical (unpaired) electrons. The Morgan fingerprint density at radius 1 is 1.16 bits per heavy atom. The van der Waals surface area contributed by atoms with Crippen LogP contribution in [0.5, 0.6) is 11.8 Å². The molecule has 3 heterocycles. The van der Waals surface area contributed by atoms with Crippen LogP contribution in [0.1, 0.15) is 12.8 Å². The third-order valence-electron chi connectivity index (χ3n) is 4.47. The van der Waals surface area contributed by atoms with Gasteiger partial charge in [-0.2, -0.15) is 0 Å². The highest BCUT2D eigenvalue weighted by Crippen LogP contribution is 2.35. The summed E-state index contributed by atoms with van der Waals surface area (Å²) in [5, 5.41) is 1.07. The van der Waals surface area contributed by atoms with E-state index in [2.05, 4.69) is 20.9 Å². The maximum absolute atomic E-state index is 5.69. The molecule has 1 aliphatic rings. The van der Waals surface area contributed by atoms with Gasteiger partial charge in [-0.1, -0.05) is 17.4 Å². The van der Waals surface area contributed by atoms with Crippen LogP contribution < -0.4 is 14.4 Å². The third-order valence-corrected chi connectivity index (χ3v) is 5.55. The van der Waals surface area contributed by atoms with Gasteiger partial charge >= 0.3 is 6.01 Å². The summed E-state index contributed by atoms with van der Waals surface area (Å²) in [5.74, 6) is 1.37. The second-order valence-corrected chi connectivity index (χ2v) is 7.09.